The van der Waals surface area contributed by atoms with Crippen LogP contribution >= 0.6 is 11.6 Å². The number of carbonyl (C=O) groups is 1. The van der Waals surface area contributed by atoms with Gasteiger partial charge in [0.25, 0.3) is 0 Å². The largest absolute Gasteiger partial charge is 0.573 e. The number of alkyl halides is 4. The minimum Gasteiger partial charge on any atom is -0.461 e. The van der Waals surface area contributed by atoms with Gasteiger partial charge < -0.3 is 9.47 Å². The second kappa shape index (κ2) is 6.05. The maximum atomic E-state index is 13.5. The topological polar surface area (TPSA) is 48.4 Å². The van der Waals surface area contributed by atoms with E-state index in [1.807, 2.05) is 0 Å². The molecule has 0 saturated heterocycles. The number of nitrogens with zero attached hydrogens (tertiary/aromatic N) is 1. The summed E-state index contributed by atoms with van der Waals surface area (Å²) in [6.45, 7) is 1.49. The van der Waals surface area contributed by atoms with Crippen LogP contribution in [0.15, 0.2) is 6.07 Å². The summed E-state index contributed by atoms with van der Waals surface area (Å²) in [7, 11) is 0. The highest BCUT2D eigenvalue weighted by atomic mass is 35.5. The summed E-state index contributed by atoms with van der Waals surface area (Å²) >= 11 is 5.34. The number of ether oxygens (including phenoxy) is 2. The van der Waals surface area contributed by atoms with Crippen LogP contribution in [-0.2, 0) is 10.6 Å². The zero-order chi connectivity index (χ0) is 14.6. The standard InChI is InChI=1S/C10H8ClF4NO3/c1-2-18-9(17)5-3-7(19-10(13,14)15)8(12)6(4-11)16-5/h3H,2,4H2,1H3. The average molecular weight is 302 g/mol. The predicted octanol–water partition coefficient (Wildman–Crippen LogP) is 3.03. The van der Waals surface area contributed by atoms with Crippen molar-refractivity contribution >= 4 is 17.6 Å². The first-order valence-corrected chi connectivity index (χ1v) is 5.50. The van der Waals surface area contributed by atoms with Crippen LogP contribution in [0.3, 0.4) is 0 Å². The molecular weight excluding hydrogens is 294 g/mol. The molecule has 4 nitrogen and oxygen atoms in total. The second-order valence-electron chi connectivity index (χ2n) is 3.17. The van der Waals surface area contributed by atoms with Crippen molar-refractivity contribution in [2.45, 2.75) is 19.2 Å². The zero-order valence-corrected chi connectivity index (χ0v) is 10.3. The van der Waals surface area contributed by atoms with Crippen molar-refractivity contribution in [2.75, 3.05) is 6.61 Å². The van der Waals surface area contributed by atoms with Gasteiger partial charge in [-0.3, -0.25) is 0 Å². The fourth-order valence-corrected chi connectivity index (χ4v) is 1.33. The Morgan fingerprint density at radius 2 is 2.11 bits per heavy atom. The highest BCUT2D eigenvalue weighted by molar-refractivity contribution is 6.17. The molecule has 0 aromatic carbocycles. The van der Waals surface area contributed by atoms with Gasteiger partial charge in [-0.25, -0.2) is 14.2 Å². The van der Waals surface area contributed by atoms with E-state index >= 15 is 0 Å². The van der Waals surface area contributed by atoms with E-state index in [1.54, 1.807) is 0 Å². The molecule has 0 spiro atoms. The van der Waals surface area contributed by atoms with Crippen LogP contribution in [0.2, 0.25) is 0 Å². The Morgan fingerprint density at radius 3 is 2.58 bits per heavy atom. The van der Waals surface area contributed by atoms with E-state index in [2.05, 4.69) is 14.5 Å². The minimum absolute atomic E-state index is 0.0104. The van der Waals surface area contributed by atoms with Gasteiger partial charge in [-0.1, -0.05) is 0 Å². The van der Waals surface area contributed by atoms with E-state index in [0.29, 0.717) is 6.07 Å². The van der Waals surface area contributed by atoms with Gasteiger partial charge in [0.05, 0.1) is 18.2 Å². The Kier molecular flexibility index (Phi) is 4.93. The molecule has 1 rings (SSSR count). The number of rotatable bonds is 4. The lowest BCUT2D eigenvalue weighted by molar-refractivity contribution is -0.275. The first-order valence-electron chi connectivity index (χ1n) is 4.96. The van der Waals surface area contributed by atoms with E-state index < -0.39 is 41.2 Å². The lowest BCUT2D eigenvalue weighted by atomic mass is 10.2. The van der Waals surface area contributed by atoms with Crippen molar-refractivity contribution in [2.24, 2.45) is 0 Å². The molecule has 0 N–H and O–H groups in total. The first-order chi connectivity index (χ1) is 8.78. The lowest BCUT2D eigenvalue weighted by Crippen LogP contribution is -2.19. The van der Waals surface area contributed by atoms with Crippen LogP contribution in [-0.4, -0.2) is 23.9 Å². The zero-order valence-electron chi connectivity index (χ0n) is 9.55. The van der Waals surface area contributed by atoms with Gasteiger partial charge in [0.2, 0.25) is 0 Å². The highest BCUT2D eigenvalue weighted by Gasteiger charge is 2.33. The number of esters is 1. The molecule has 0 bridgehead atoms. The van der Waals surface area contributed by atoms with Gasteiger partial charge in [-0.2, -0.15) is 0 Å². The van der Waals surface area contributed by atoms with Gasteiger partial charge in [0.1, 0.15) is 0 Å². The molecule has 0 radical (unpaired) electrons. The second-order valence-corrected chi connectivity index (χ2v) is 3.44. The van der Waals surface area contributed by atoms with Crippen LogP contribution in [0.1, 0.15) is 23.1 Å². The highest BCUT2D eigenvalue weighted by Crippen LogP contribution is 2.28. The summed E-state index contributed by atoms with van der Waals surface area (Å²) in [6, 6.07) is 0.511. The predicted molar refractivity (Wildman–Crippen MR) is 56.4 cm³/mol. The third-order valence-corrected chi connectivity index (χ3v) is 2.08. The SMILES string of the molecule is CCOC(=O)c1cc(OC(F)(F)F)c(F)c(CCl)n1. The molecule has 0 saturated carbocycles. The summed E-state index contributed by atoms with van der Waals surface area (Å²) in [5.74, 6) is -4.07. The Balaban J connectivity index is 3.22. The third-order valence-electron chi connectivity index (χ3n) is 1.83. The number of hydrogen-bond donors (Lipinski definition) is 0. The first kappa shape index (κ1) is 15.5. The van der Waals surface area contributed by atoms with Crippen LogP contribution in [0, 0.1) is 5.82 Å². The molecule has 1 heterocycles. The van der Waals surface area contributed by atoms with Crippen molar-refractivity contribution in [1.82, 2.24) is 4.98 Å². The van der Waals surface area contributed by atoms with E-state index in [-0.39, 0.29) is 6.61 Å². The van der Waals surface area contributed by atoms with Gasteiger partial charge >= 0.3 is 12.3 Å². The Labute approximate surface area is 110 Å². The molecule has 0 unspecified atom stereocenters. The molecule has 0 atom stereocenters. The molecule has 1 aromatic heterocycles. The molecule has 0 fully saturated rings. The molecule has 9 heteroatoms. The number of aromatic nitrogens is 1. The minimum atomic E-state index is -5.10. The Morgan fingerprint density at radius 1 is 1.47 bits per heavy atom. The number of carbonyl (C=O) groups excluding carboxylic acids is 1. The van der Waals surface area contributed by atoms with Crippen molar-refractivity contribution < 1.29 is 31.8 Å². The summed E-state index contributed by atoms with van der Waals surface area (Å²) in [6.07, 6.45) is -5.10. The van der Waals surface area contributed by atoms with Crippen molar-refractivity contribution in [3.8, 4) is 5.75 Å². The molecular formula is C10H8ClF4NO3. The van der Waals surface area contributed by atoms with E-state index in [1.165, 1.54) is 6.92 Å². The van der Waals surface area contributed by atoms with Gasteiger partial charge in [0, 0.05) is 6.07 Å². The van der Waals surface area contributed by atoms with Crippen molar-refractivity contribution in [3.05, 3.63) is 23.3 Å². The van der Waals surface area contributed by atoms with E-state index in [9.17, 15) is 22.4 Å². The molecule has 0 aliphatic rings. The monoisotopic (exact) mass is 301 g/mol. The normalized spacial score (nSPS) is 11.3. The quantitative estimate of drug-likeness (QED) is 0.487. The Hall–Kier alpha value is -1.57. The smallest absolute Gasteiger partial charge is 0.461 e. The molecule has 106 valence electrons. The Bertz CT molecular complexity index is 479. The summed E-state index contributed by atoms with van der Waals surface area (Å²) in [5.41, 5.74) is -1.05. The number of pyridine rings is 1. The summed E-state index contributed by atoms with van der Waals surface area (Å²) in [4.78, 5) is 14.8. The summed E-state index contributed by atoms with van der Waals surface area (Å²) < 4.78 is 57.8. The van der Waals surface area contributed by atoms with E-state index in [4.69, 9.17) is 11.6 Å². The fourth-order valence-electron chi connectivity index (χ4n) is 1.15. The van der Waals surface area contributed by atoms with Crippen LogP contribution in [0.25, 0.3) is 0 Å². The molecule has 0 aliphatic carbocycles. The maximum absolute atomic E-state index is 13.5. The third kappa shape index (κ3) is 4.23. The van der Waals surface area contributed by atoms with Crippen molar-refractivity contribution in [1.29, 1.82) is 0 Å². The van der Waals surface area contributed by atoms with Gasteiger partial charge in [0.15, 0.2) is 17.3 Å². The molecule has 1 aromatic rings. The van der Waals surface area contributed by atoms with Gasteiger partial charge in [-0.05, 0) is 6.92 Å². The number of hydrogen-bond acceptors (Lipinski definition) is 4. The van der Waals surface area contributed by atoms with Crippen LogP contribution in [0.5, 0.6) is 5.75 Å². The van der Waals surface area contributed by atoms with Crippen LogP contribution in [0.4, 0.5) is 17.6 Å². The lowest BCUT2D eigenvalue weighted by Gasteiger charge is -2.12. The molecule has 19 heavy (non-hydrogen) atoms. The molecule has 0 amide bonds. The fraction of sp³-hybridized carbons (Fsp3) is 0.400. The van der Waals surface area contributed by atoms with Crippen molar-refractivity contribution in [3.63, 3.8) is 0 Å². The van der Waals surface area contributed by atoms with E-state index in [0.717, 1.165) is 0 Å². The van der Waals surface area contributed by atoms with Gasteiger partial charge in [-0.15, -0.1) is 24.8 Å². The molecule has 0 aliphatic heterocycles. The maximum Gasteiger partial charge on any atom is 0.573 e. The van der Waals surface area contributed by atoms with Crippen LogP contribution < -0.4 is 4.74 Å². The summed E-state index contributed by atoms with van der Waals surface area (Å²) in [5, 5.41) is 0. The average Bonchev–Trinajstić information content (AvgIpc) is 2.30. The number of halogens is 5.